The highest BCUT2D eigenvalue weighted by Gasteiger charge is 2.22. The number of methoxy groups -OCH3 is 2. The summed E-state index contributed by atoms with van der Waals surface area (Å²) < 4.78 is 10.5. The maximum Gasteiger partial charge on any atom is 0.288 e. The van der Waals surface area contributed by atoms with Crippen LogP contribution in [0.5, 0.6) is 11.5 Å². The largest absolute Gasteiger partial charge is 0.495 e. The average Bonchev–Trinajstić information content (AvgIpc) is 2.83. The standard InChI is InChI=1S/C24H20ClN3O6/c1-33-21-9-5-3-7-18(21)26-23(29)16(13-15-11-12-17(25)20(14-15)28(31)32)24(30)27-19-8-4-6-10-22(19)34-2/h3-14H,1-2H3,(H,26,29)(H,27,30). The van der Waals surface area contributed by atoms with Crippen molar-refractivity contribution in [1.82, 2.24) is 0 Å². The van der Waals surface area contributed by atoms with E-state index in [1.165, 1.54) is 38.5 Å². The first-order valence-corrected chi connectivity index (χ1v) is 10.3. The second-order valence-electron chi connectivity index (χ2n) is 6.83. The third-order valence-electron chi connectivity index (χ3n) is 4.68. The Morgan fingerprint density at radius 2 is 1.38 bits per heavy atom. The van der Waals surface area contributed by atoms with Crippen LogP contribution in [0.2, 0.25) is 5.02 Å². The predicted molar refractivity (Wildman–Crippen MR) is 129 cm³/mol. The van der Waals surface area contributed by atoms with Crippen molar-refractivity contribution in [3.05, 3.63) is 93.0 Å². The Balaban J connectivity index is 2.02. The van der Waals surface area contributed by atoms with Crippen molar-refractivity contribution in [2.75, 3.05) is 24.9 Å². The Bertz CT molecular complexity index is 1210. The molecule has 174 valence electrons. The molecule has 2 amide bonds. The summed E-state index contributed by atoms with van der Waals surface area (Å²) in [5.74, 6) is -0.728. The number of amides is 2. The van der Waals surface area contributed by atoms with Gasteiger partial charge in [0.2, 0.25) is 0 Å². The minimum atomic E-state index is -0.755. The number of hydrogen-bond donors (Lipinski definition) is 2. The molecule has 34 heavy (non-hydrogen) atoms. The van der Waals surface area contributed by atoms with Crippen LogP contribution in [0, 0.1) is 10.1 Å². The summed E-state index contributed by atoms with van der Waals surface area (Å²) in [5.41, 5.74) is 0.246. The molecule has 0 atom stereocenters. The van der Waals surface area contributed by atoms with Crippen molar-refractivity contribution in [2.45, 2.75) is 0 Å². The molecule has 0 fully saturated rings. The van der Waals surface area contributed by atoms with Crippen LogP contribution in [0.3, 0.4) is 0 Å². The molecule has 0 aromatic heterocycles. The van der Waals surface area contributed by atoms with Crippen molar-refractivity contribution in [2.24, 2.45) is 0 Å². The fraction of sp³-hybridized carbons (Fsp3) is 0.0833. The van der Waals surface area contributed by atoms with Gasteiger partial charge in [-0.15, -0.1) is 0 Å². The van der Waals surface area contributed by atoms with E-state index in [4.69, 9.17) is 21.1 Å². The zero-order chi connectivity index (χ0) is 24.7. The van der Waals surface area contributed by atoms with Crippen LogP contribution in [-0.2, 0) is 9.59 Å². The van der Waals surface area contributed by atoms with E-state index in [0.29, 0.717) is 22.9 Å². The van der Waals surface area contributed by atoms with Gasteiger partial charge in [-0.3, -0.25) is 19.7 Å². The molecular weight excluding hydrogens is 462 g/mol. The molecule has 0 unspecified atom stereocenters. The predicted octanol–water partition coefficient (Wildman–Crippen LogP) is 4.93. The number of benzene rings is 3. The van der Waals surface area contributed by atoms with E-state index in [2.05, 4.69) is 10.6 Å². The molecular formula is C24H20ClN3O6. The van der Waals surface area contributed by atoms with Crippen LogP contribution in [0.4, 0.5) is 17.1 Å². The van der Waals surface area contributed by atoms with Gasteiger partial charge in [-0.25, -0.2) is 0 Å². The molecule has 0 spiro atoms. The van der Waals surface area contributed by atoms with Gasteiger partial charge in [-0.05, 0) is 42.0 Å². The van der Waals surface area contributed by atoms with Crippen LogP contribution in [-0.4, -0.2) is 31.0 Å². The summed E-state index contributed by atoms with van der Waals surface area (Å²) in [6.07, 6.45) is 1.23. The second-order valence-corrected chi connectivity index (χ2v) is 7.24. The number of para-hydroxylation sites is 4. The van der Waals surface area contributed by atoms with Crippen LogP contribution < -0.4 is 20.1 Å². The quantitative estimate of drug-likeness (QED) is 0.155. The molecule has 0 aliphatic rings. The maximum atomic E-state index is 13.2. The van der Waals surface area contributed by atoms with Gasteiger partial charge in [-0.1, -0.05) is 41.9 Å². The van der Waals surface area contributed by atoms with E-state index in [0.717, 1.165) is 0 Å². The Labute approximate surface area is 200 Å². The van der Waals surface area contributed by atoms with Crippen LogP contribution >= 0.6 is 11.6 Å². The van der Waals surface area contributed by atoms with Crippen LogP contribution in [0.1, 0.15) is 5.56 Å². The molecule has 3 aromatic carbocycles. The van der Waals surface area contributed by atoms with Gasteiger partial charge in [-0.2, -0.15) is 0 Å². The average molecular weight is 482 g/mol. The number of anilines is 2. The molecule has 3 aromatic rings. The second kappa shape index (κ2) is 11.0. The number of nitro benzene ring substituents is 1. The first-order valence-electron chi connectivity index (χ1n) is 9.88. The minimum Gasteiger partial charge on any atom is -0.495 e. The molecule has 0 saturated carbocycles. The number of rotatable bonds is 8. The fourth-order valence-electron chi connectivity index (χ4n) is 3.04. The monoisotopic (exact) mass is 481 g/mol. The summed E-state index contributed by atoms with van der Waals surface area (Å²) in [6, 6.07) is 17.3. The van der Waals surface area contributed by atoms with E-state index in [-0.39, 0.29) is 21.8 Å². The lowest BCUT2D eigenvalue weighted by atomic mass is 10.1. The van der Waals surface area contributed by atoms with E-state index < -0.39 is 16.7 Å². The molecule has 0 aliphatic heterocycles. The number of carbonyl (C=O) groups is 2. The van der Waals surface area contributed by atoms with E-state index in [1.54, 1.807) is 48.5 Å². The highest BCUT2D eigenvalue weighted by Crippen LogP contribution is 2.28. The minimum absolute atomic E-state index is 0.0688. The smallest absolute Gasteiger partial charge is 0.288 e. The zero-order valence-electron chi connectivity index (χ0n) is 18.2. The SMILES string of the molecule is COc1ccccc1NC(=O)C(=Cc1ccc(Cl)c([N+](=O)[O-])c1)C(=O)Nc1ccccc1OC. The first kappa shape index (κ1) is 24.3. The zero-order valence-corrected chi connectivity index (χ0v) is 19.0. The van der Waals surface area contributed by atoms with Crippen molar-refractivity contribution >= 4 is 46.6 Å². The topological polar surface area (TPSA) is 120 Å². The Morgan fingerprint density at radius 1 is 0.882 bits per heavy atom. The maximum absolute atomic E-state index is 13.2. The Hall–Kier alpha value is -4.37. The number of nitrogens with one attached hydrogen (secondary N) is 2. The third kappa shape index (κ3) is 5.70. The molecule has 0 radical (unpaired) electrons. The van der Waals surface area contributed by atoms with Gasteiger partial charge in [0.1, 0.15) is 22.1 Å². The molecule has 0 heterocycles. The summed E-state index contributed by atoms with van der Waals surface area (Å²) >= 11 is 5.89. The lowest BCUT2D eigenvalue weighted by Crippen LogP contribution is -2.25. The van der Waals surface area contributed by atoms with E-state index >= 15 is 0 Å². The number of nitro groups is 1. The first-order chi connectivity index (χ1) is 16.3. The Morgan fingerprint density at radius 3 is 1.85 bits per heavy atom. The molecule has 0 bridgehead atoms. The van der Waals surface area contributed by atoms with Gasteiger partial charge < -0.3 is 20.1 Å². The summed E-state index contributed by atoms with van der Waals surface area (Å²) in [4.78, 5) is 37.0. The van der Waals surface area contributed by atoms with Crippen molar-refractivity contribution in [3.63, 3.8) is 0 Å². The van der Waals surface area contributed by atoms with Gasteiger partial charge in [0, 0.05) is 6.07 Å². The number of nitrogens with zero attached hydrogens (tertiary/aromatic N) is 1. The van der Waals surface area contributed by atoms with Crippen molar-refractivity contribution in [3.8, 4) is 11.5 Å². The lowest BCUT2D eigenvalue weighted by Gasteiger charge is -2.14. The van der Waals surface area contributed by atoms with E-state index in [1.807, 2.05) is 0 Å². The van der Waals surface area contributed by atoms with Gasteiger partial charge in [0.25, 0.3) is 17.5 Å². The summed E-state index contributed by atoms with van der Waals surface area (Å²) in [6.45, 7) is 0. The number of ether oxygens (including phenoxy) is 2. The molecule has 0 saturated heterocycles. The van der Waals surface area contributed by atoms with Crippen molar-refractivity contribution in [1.29, 1.82) is 0 Å². The highest BCUT2D eigenvalue weighted by molar-refractivity contribution is 6.33. The number of hydrogen-bond acceptors (Lipinski definition) is 6. The van der Waals surface area contributed by atoms with Gasteiger partial charge in [0.05, 0.1) is 30.5 Å². The fourth-order valence-corrected chi connectivity index (χ4v) is 3.22. The summed E-state index contributed by atoms with van der Waals surface area (Å²) in [5, 5.41) is 16.5. The van der Waals surface area contributed by atoms with Gasteiger partial charge >= 0.3 is 0 Å². The normalized spacial score (nSPS) is 10.1. The Kier molecular flexibility index (Phi) is 7.83. The number of halogens is 1. The molecule has 0 aliphatic carbocycles. The van der Waals surface area contributed by atoms with Gasteiger partial charge in [0.15, 0.2) is 0 Å². The molecule has 10 heteroatoms. The van der Waals surface area contributed by atoms with Crippen molar-refractivity contribution < 1.29 is 24.0 Å². The van der Waals surface area contributed by atoms with Crippen LogP contribution in [0.25, 0.3) is 6.08 Å². The lowest BCUT2D eigenvalue weighted by molar-refractivity contribution is -0.384. The molecule has 3 rings (SSSR count). The number of carbonyl (C=O) groups excluding carboxylic acids is 2. The van der Waals surface area contributed by atoms with Crippen LogP contribution in [0.15, 0.2) is 72.3 Å². The summed E-state index contributed by atoms with van der Waals surface area (Å²) in [7, 11) is 2.89. The highest BCUT2D eigenvalue weighted by atomic mass is 35.5. The molecule has 9 nitrogen and oxygen atoms in total. The third-order valence-corrected chi connectivity index (χ3v) is 5.00. The molecule has 2 N–H and O–H groups in total. The van der Waals surface area contributed by atoms with E-state index in [9.17, 15) is 19.7 Å².